The van der Waals surface area contributed by atoms with Crippen LogP contribution < -0.4 is 5.73 Å². The van der Waals surface area contributed by atoms with E-state index in [-0.39, 0.29) is 6.04 Å². The van der Waals surface area contributed by atoms with Gasteiger partial charge in [0, 0.05) is 15.0 Å². The molecule has 0 saturated heterocycles. The third-order valence-corrected chi connectivity index (χ3v) is 2.80. The van der Waals surface area contributed by atoms with E-state index in [0.29, 0.717) is 0 Å². The Hall–Kier alpha value is -0.120. The van der Waals surface area contributed by atoms with Crippen molar-refractivity contribution in [1.82, 2.24) is 0 Å². The van der Waals surface area contributed by atoms with E-state index in [1.807, 2.05) is 25.1 Å². The first-order valence-electron chi connectivity index (χ1n) is 4.35. The molecule has 0 radical (unpaired) electrons. The largest absolute Gasteiger partial charge is 0.324 e. The molecule has 1 aromatic carbocycles. The second-order valence-electron chi connectivity index (χ2n) is 3.47. The molecule has 1 rings (SSSR count). The summed E-state index contributed by atoms with van der Waals surface area (Å²) in [4.78, 5) is 0. The molecule has 76 valence electrons. The molecule has 0 aliphatic carbocycles. The fraction of sp³-hybridized carbons (Fsp3) is 0.273. The summed E-state index contributed by atoms with van der Waals surface area (Å²) in [7, 11) is 0. The van der Waals surface area contributed by atoms with Crippen LogP contribution in [-0.2, 0) is 0 Å². The standard InChI is InChI=1S/C11H13Br2N/c1-7(2)3-11(14)8-4-9(12)6-10(13)5-8/h4-6,11H,1,3,14H2,2H3. The zero-order chi connectivity index (χ0) is 10.7. The van der Waals surface area contributed by atoms with Gasteiger partial charge in [0.25, 0.3) is 0 Å². The van der Waals surface area contributed by atoms with Crippen molar-refractivity contribution in [2.24, 2.45) is 5.73 Å². The van der Waals surface area contributed by atoms with Crippen molar-refractivity contribution in [1.29, 1.82) is 0 Å². The summed E-state index contributed by atoms with van der Waals surface area (Å²) < 4.78 is 2.08. The molecular formula is C11H13Br2N. The Morgan fingerprint density at radius 3 is 2.29 bits per heavy atom. The maximum atomic E-state index is 6.03. The van der Waals surface area contributed by atoms with Crippen LogP contribution in [0.5, 0.6) is 0 Å². The average Bonchev–Trinajstić information content (AvgIpc) is 2.00. The minimum Gasteiger partial charge on any atom is -0.324 e. The van der Waals surface area contributed by atoms with Gasteiger partial charge in [0.15, 0.2) is 0 Å². The van der Waals surface area contributed by atoms with Crippen LogP contribution in [-0.4, -0.2) is 0 Å². The predicted molar refractivity (Wildman–Crippen MR) is 68.2 cm³/mol. The van der Waals surface area contributed by atoms with E-state index in [0.717, 1.165) is 26.5 Å². The molecule has 0 bridgehead atoms. The molecule has 2 N–H and O–H groups in total. The lowest BCUT2D eigenvalue weighted by Crippen LogP contribution is -2.10. The molecular weight excluding hydrogens is 306 g/mol. The van der Waals surface area contributed by atoms with Crippen LogP contribution in [0.4, 0.5) is 0 Å². The van der Waals surface area contributed by atoms with E-state index >= 15 is 0 Å². The molecule has 0 heterocycles. The van der Waals surface area contributed by atoms with Crippen LogP contribution in [0.3, 0.4) is 0 Å². The second-order valence-corrected chi connectivity index (χ2v) is 5.30. The molecule has 0 fully saturated rings. The SMILES string of the molecule is C=C(C)CC(N)c1cc(Br)cc(Br)c1. The monoisotopic (exact) mass is 317 g/mol. The lowest BCUT2D eigenvalue weighted by atomic mass is 10.0. The molecule has 0 aromatic heterocycles. The van der Waals surface area contributed by atoms with Crippen LogP contribution in [0.15, 0.2) is 39.3 Å². The van der Waals surface area contributed by atoms with Gasteiger partial charge in [-0.1, -0.05) is 37.4 Å². The summed E-state index contributed by atoms with van der Waals surface area (Å²) in [6, 6.07) is 6.11. The number of hydrogen-bond acceptors (Lipinski definition) is 1. The van der Waals surface area contributed by atoms with Crippen molar-refractivity contribution in [2.75, 3.05) is 0 Å². The molecule has 1 unspecified atom stereocenters. The minimum atomic E-state index is 0.0290. The highest BCUT2D eigenvalue weighted by atomic mass is 79.9. The van der Waals surface area contributed by atoms with E-state index in [1.54, 1.807) is 0 Å². The Morgan fingerprint density at radius 1 is 1.36 bits per heavy atom. The number of benzene rings is 1. The third-order valence-electron chi connectivity index (χ3n) is 1.88. The van der Waals surface area contributed by atoms with E-state index < -0.39 is 0 Å². The maximum absolute atomic E-state index is 6.03. The van der Waals surface area contributed by atoms with E-state index in [9.17, 15) is 0 Å². The van der Waals surface area contributed by atoms with Gasteiger partial charge in [0.2, 0.25) is 0 Å². The van der Waals surface area contributed by atoms with E-state index in [4.69, 9.17) is 5.73 Å². The van der Waals surface area contributed by atoms with Crippen LogP contribution in [0.1, 0.15) is 24.9 Å². The van der Waals surface area contributed by atoms with Crippen molar-refractivity contribution in [2.45, 2.75) is 19.4 Å². The molecule has 0 saturated carbocycles. The minimum absolute atomic E-state index is 0.0290. The zero-order valence-corrected chi connectivity index (χ0v) is 11.2. The first kappa shape index (κ1) is 12.0. The molecule has 1 aromatic rings. The normalized spacial score (nSPS) is 12.6. The van der Waals surface area contributed by atoms with Gasteiger partial charge in [-0.25, -0.2) is 0 Å². The summed E-state index contributed by atoms with van der Waals surface area (Å²) >= 11 is 6.88. The van der Waals surface area contributed by atoms with Crippen molar-refractivity contribution in [3.8, 4) is 0 Å². The van der Waals surface area contributed by atoms with Gasteiger partial charge in [-0.2, -0.15) is 0 Å². The van der Waals surface area contributed by atoms with Gasteiger partial charge in [-0.3, -0.25) is 0 Å². The van der Waals surface area contributed by atoms with Crippen molar-refractivity contribution >= 4 is 31.9 Å². The highest BCUT2D eigenvalue weighted by Crippen LogP contribution is 2.25. The molecule has 14 heavy (non-hydrogen) atoms. The van der Waals surface area contributed by atoms with E-state index in [1.165, 1.54) is 0 Å². The van der Waals surface area contributed by atoms with E-state index in [2.05, 4.69) is 38.4 Å². The molecule has 1 atom stereocenters. The van der Waals surface area contributed by atoms with Gasteiger partial charge in [-0.15, -0.1) is 6.58 Å². The lowest BCUT2D eigenvalue weighted by molar-refractivity contribution is 0.716. The second kappa shape index (κ2) is 5.10. The summed E-state index contributed by atoms with van der Waals surface area (Å²) in [5, 5.41) is 0. The Morgan fingerprint density at radius 2 is 1.86 bits per heavy atom. The number of halogens is 2. The van der Waals surface area contributed by atoms with Crippen LogP contribution in [0, 0.1) is 0 Å². The predicted octanol–water partition coefficient (Wildman–Crippen LogP) is 4.18. The maximum Gasteiger partial charge on any atom is 0.0333 e. The average molecular weight is 319 g/mol. The topological polar surface area (TPSA) is 26.0 Å². The number of rotatable bonds is 3. The quantitative estimate of drug-likeness (QED) is 0.831. The number of nitrogens with two attached hydrogens (primary N) is 1. The lowest BCUT2D eigenvalue weighted by Gasteiger charge is -2.12. The first-order chi connectivity index (χ1) is 6.49. The highest BCUT2D eigenvalue weighted by molar-refractivity contribution is 9.11. The van der Waals surface area contributed by atoms with Crippen molar-refractivity contribution < 1.29 is 0 Å². The van der Waals surface area contributed by atoms with Crippen LogP contribution >= 0.6 is 31.9 Å². The third kappa shape index (κ3) is 3.56. The summed E-state index contributed by atoms with van der Waals surface area (Å²) in [6.45, 7) is 5.85. The summed E-state index contributed by atoms with van der Waals surface area (Å²) in [5.41, 5.74) is 8.26. The zero-order valence-electron chi connectivity index (χ0n) is 8.06. The smallest absolute Gasteiger partial charge is 0.0333 e. The highest BCUT2D eigenvalue weighted by Gasteiger charge is 2.07. The van der Waals surface area contributed by atoms with Crippen LogP contribution in [0.2, 0.25) is 0 Å². The van der Waals surface area contributed by atoms with Crippen LogP contribution in [0.25, 0.3) is 0 Å². The molecule has 0 amide bonds. The molecule has 3 heteroatoms. The van der Waals surface area contributed by atoms with Gasteiger partial charge in [-0.05, 0) is 37.1 Å². The summed E-state index contributed by atoms with van der Waals surface area (Å²) in [6.07, 6.45) is 0.822. The van der Waals surface area contributed by atoms with Gasteiger partial charge >= 0.3 is 0 Å². The van der Waals surface area contributed by atoms with Gasteiger partial charge in [0.05, 0.1) is 0 Å². The molecule has 0 aliphatic rings. The first-order valence-corrected chi connectivity index (χ1v) is 5.93. The molecule has 1 nitrogen and oxygen atoms in total. The van der Waals surface area contributed by atoms with Crippen molar-refractivity contribution in [3.05, 3.63) is 44.9 Å². The fourth-order valence-corrected chi connectivity index (χ4v) is 2.61. The Kier molecular flexibility index (Phi) is 4.35. The Balaban J connectivity index is 2.89. The van der Waals surface area contributed by atoms with Gasteiger partial charge in [0.1, 0.15) is 0 Å². The Labute approximate surface area is 102 Å². The Bertz CT molecular complexity index is 327. The van der Waals surface area contributed by atoms with Gasteiger partial charge < -0.3 is 5.73 Å². The molecule has 0 spiro atoms. The van der Waals surface area contributed by atoms with Crippen molar-refractivity contribution in [3.63, 3.8) is 0 Å². The summed E-state index contributed by atoms with van der Waals surface area (Å²) in [5.74, 6) is 0. The molecule has 0 aliphatic heterocycles. The fourth-order valence-electron chi connectivity index (χ4n) is 1.28. The number of hydrogen-bond donors (Lipinski definition) is 1.